The van der Waals surface area contributed by atoms with Gasteiger partial charge >= 0.3 is 12.1 Å². The van der Waals surface area contributed by atoms with Crippen LogP contribution >= 0.6 is 0 Å². The van der Waals surface area contributed by atoms with Gasteiger partial charge < -0.3 is 18.9 Å². The zero-order valence-electron chi connectivity index (χ0n) is 12.3. The molecular weight excluding hydrogens is 266 g/mol. The third-order valence-electron chi connectivity index (χ3n) is 3.27. The summed E-state index contributed by atoms with van der Waals surface area (Å²) in [4.78, 5) is 25.1. The Balaban J connectivity index is 2.05. The summed E-state index contributed by atoms with van der Waals surface area (Å²) in [5.41, 5.74) is 0. The first-order valence-electron chi connectivity index (χ1n) is 6.84. The number of hydrogen-bond donors (Lipinski definition) is 0. The second kappa shape index (κ2) is 5.57. The van der Waals surface area contributed by atoms with E-state index in [4.69, 9.17) is 18.9 Å². The Morgan fingerprint density at radius 2 is 1.90 bits per heavy atom. The van der Waals surface area contributed by atoms with Gasteiger partial charge in [-0.05, 0) is 27.7 Å². The molecule has 2 saturated heterocycles. The van der Waals surface area contributed by atoms with E-state index >= 15 is 0 Å². The molecule has 0 aromatic rings. The summed E-state index contributed by atoms with van der Waals surface area (Å²) in [5, 5.41) is 0. The van der Waals surface area contributed by atoms with Gasteiger partial charge in [0.2, 0.25) is 0 Å². The van der Waals surface area contributed by atoms with Gasteiger partial charge in [0.25, 0.3) is 0 Å². The average molecular weight is 287 g/mol. The molecule has 3 atom stereocenters. The lowest BCUT2D eigenvalue weighted by Crippen LogP contribution is -2.28. The molecule has 2 aliphatic rings. The smallest absolute Gasteiger partial charge is 0.411 e. The van der Waals surface area contributed by atoms with Crippen molar-refractivity contribution in [2.75, 3.05) is 19.8 Å². The topological polar surface area (TPSA) is 74.1 Å². The summed E-state index contributed by atoms with van der Waals surface area (Å²) < 4.78 is 21.1. The van der Waals surface area contributed by atoms with Crippen LogP contribution in [0.5, 0.6) is 0 Å². The minimum absolute atomic E-state index is 0.255. The van der Waals surface area contributed by atoms with Crippen LogP contribution in [0.1, 0.15) is 27.7 Å². The van der Waals surface area contributed by atoms with Crippen LogP contribution < -0.4 is 0 Å². The molecule has 20 heavy (non-hydrogen) atoms. The first kappa shape index (κ1) is 15.1. The predicted octanol–water partition coefficient (Wildman–Crippen LogP) is 0.910. The van der Waals surface area contributed by atoms with Gasteiger partial charge in [-0.2, -0.15) is 0 Å². The molecule has 2 fully saturated rings. The molecule has 0 N–H and O–H groups in total. The number of ether oxygens (including phenoxy) is 4. The lowest BCUT2D eigenvalue weighted by Gasteiger charge is -2.16. The standard InChI is InChI=1S/C13H21NO6/c1-5-17-11(15)10-9(14(10)12(16)18-6-2)8-7-19-13(3,4)20-8/h8-10H,5-7H2,1-4H3/t8-,9+,10+,14?/m0/s1. The van der Waals surface area contributed by atoms with Crippen molar-refractivity contribution in [1.82, 2.24) is 4.90 Å². The molecular formula is C13H21NO6. The largest absolute Gasteiger partial charge is 0.464 e. The van der Waals surface area contributed by atoms with Gasteiger partial charge in [0, 0.05) is 0 Å². The number of carbonyl (C=O) groups excluding carboxylic acids is 2. The molecule has 0 spiro atoms. The van der Waals surface area contributed by atoms with Crippen LogP contribution in [-0.2, 0) is 23.7 Å². The maximum atomic E-state index is 11.9. The minimum Gasteiger partial charge on any atom is -0.464 e. The van der Waals surface area contributed by atoms with Gasteiger partial charge in [0.05, 0.1) is 25.9 Å². The first-order chi connectivity index (χ1) is 9.41. The Labute approximate surface area is 118 Å². The molecule has 0 saturated carbocycles. The van der Waals surface area contributed by atoms with E-state index in [1.165, 1.54) is 4.90 Å². The minimum atomic E-state index is -0.702. The van der Waals surface area contributed by atoms with Crippen LogP contribution in [0.3, 0.4) is 0 Å². The Bertz CT molecular complexity index is 372. The summed E-state index contributed by atoms with van der Waals surface area (Å²) in [6, 6.07) is -1.02. The number of rotatable bonds is 4. The zero-order valence-corrected chi connectivity index (χ0v) is 12.3. The van der Waals surface area contributed by atoms with Crippen molar-refractivity contribution >= 4 is 12.1 Å². The molecule has 1 amide bonds. The van der Waals surface area contributed by atoms with E-state index in [-0.39, 0.29) is 25.4 Å². The second-order valence-electron chi connectivity index (χ2n) is 5.16. The van der Waals surface area contributed by atoms with Crippen LogP contribution in [0.25, 0.3) is 0 Å². The molecule has 7 heteroatoms. The van der Waals surface area contributed by atoms with Gasteiger partial charge in [-0.25, -0.2) is 9.59 Å². The van der Waals surface area contributed by atoms with Crippen molar-refractivity contribution in [2.24, 2.45) is 0 Å². The van der Waals surface area contributed by atoms with E-state index in [2.05, 4.69) is 0 Å². The van der Waals surface area contributed by atoms with Crippen molar-refractivity contribution in [2.45, 2.75) is 51.7 Å². The maximum Gasteiger partial charge on any atom is 0.411 e. The Kier molecular flexibility index (Phi) is 4.19. The highest BCUT2D eigenvalue weighted by Gasteiger charge is 2.63. The average Bonchev–Trinajstić information content (AvgIpc) is 3.01. The molecule has 2 rings (SSSR count). The molecule has 0 radical (unpaired) electrons. The van der Waals surface area contributed by atoms with Crippen LogP contribution in [0.4, 0.5) is 4.79 Å². The van der Waals surface area contributed by atoms with E-state index in [1.807, 2.05) is 0 Å². The molecule has 0 aliphatic carbocycles. The van der Waals surface area contributed by atoms with Crippen molar-refractivity contribution in [3.05, 3.63) is 0 Å². The number of nitrogens with zero attached hydrogens (tertiary/aromatic N) is 1. The molecule has 2 heterocycles. The molecule has 7 nitrogen and oxygen atoms in total. The van der Waals surface area contributed by atoms with E-state index < -0.39 is 23.9 Å². The summed E-state index contributed by atoms with van der Waals surface area (Å²) in [5.74, 6) is -1.13. The molecule has 0 aromatic carbocycles. The van der Waals surface area contributed by atoms with Crippen LogP contribution in [0.2, 0.25) is 0 Å². The highest BCUT2D eigenvalue weighted by molar-refractivity contribution is 5.88. The summed E-state index contributed by atoms with van der Waals surface area (Å²) >= 11 is 0. The SMILES string of the molecule is CCOC(=O)[C@H]1[C@@H]([C@@H]2COC(C)(C)O2)N1C(=O)OCC. The summed E-state index contributed by atoms with van der Waals surface area (Å²) in [7, 11) is 0. The van der Waals surface area contributed by atoms with Crippen molar-refractivity contribution in [3.8, 4) is 0 Å². The van der Waals surface area contributed by atoms with Gasteiger partial charge in [0.15, 0.2) is 11.8 Å². The highest BCUT2D eigenvalue weighted by atomic mass is 16.7. The number of esters is 1. The molecule has 114 valence electrons. The Morgan fingerprint density at radius 1 is 1.25 bits per heavy atom. The van der Waals surface area contributed by atoms with Gasteiger partial charge in [-0.15, -0.1) is 0 Å². The molecule has 0 aromatic heterocycles. The number of carbonyl (C=O) groups is 2. The monoisotopic (exact) mass is 287 g/mol. The highest BCUT2D eigenvalue weighted by Crippen LogP contribution is 2.39. The van der Waals surface area contributed by atoms with Crippen LogP contribution in [0.15, 0.2) is 0 Å². The van der Waals surface area contributed by atoms with E-state index in [1.54, 1.807) is 27.7 Å². The lowest BCUT2D eigenvalue weighted by molar-refractivity contribution is -0.145. The summed E-state index contributed by atoms with van der Waals surface area (Å²) in [6.45, 7) is 7.89. The van der Waals surface area contributed by atoms with Crippen molar-refractivity contribution in [3.63, 3.8) is 0 Å². The number of amides is 1. The lowest BCUT2D eigenvalue weighted by atomic mass is 10.2. The fraction of sp³-hybridized carbons (Fsp3) is 0.846. The normalized spacial score (nSPS) is 31.0. The van der Waals surface area contributed by atoms with Crippen LogP contribution in [-0.4, -0.2) is 60.8 Å². The number of hydrogen-bond acceptors (Lipinski definition) is 6. The summed E-state index contributed by atoms with van der Waals surface area (Å²) in [6.07, 6.45) is -0.868. The molecule has 0 unspecified atom stereocenters. The first-order valence-corrected chi connectivity index (χ1v) is 6.84. The fourth-order valence-corrected chi connectivity index (χ4v) is 2.43. The fourth-order valence-electron chi connectivity index (χ4n) is 2.43. The van der Waals surface area contributed by atoms with Crippen molar-refractivity contribution in [1.29, 1.82) is 0 Å². The maximum absolute atomic E-state index is 11.9. The van der Waals surface area contributed by atoms with Gasteiger partial charge in [0.1, 0.15) is 6.10 Å². The molecule has 0 bridgehead atoms. The van der Waals surface area contributed by atoms with E-state index in [0.29, 0.717) is 6.61 Å². The van der Waals surface area contributed by atoms with Crippen molar-refractivity contribution < 1.29 is 28.5 Å². The quantitative estimate of drug-likeness (QED) is 0.565. The molecule has 2 aliphatic heterocycles. The van der Waals surface area contributed by atoms with E-state index in [0.717, 1.165) is 0 Å². The zero-order chi connectivity index (χ0) is 14.9. The second-order valence-corrected chi connectivity index (χ2v) is 5.16. The van der Waals surface area contributed by atoms with Gasteiger partial charge in [-0.3, -0.25) is 4.90 Å². The third kappa shape index (κ3) is 2.88. The Morgan fingerprint density at radius 3 is 2.40 bits per heavy atom. The van der Waals surface area contributed by atoms with E-state index in [9.17, 15) is 9.59 Å². The van der Waals surface area contributed by atoms with Gasteiger partial charge in [-0.1, -0.05) is 0 Å². The Hall–Kier alpha value is -1.34. The predicted molar refractivity (Wildman–Crippen MR) is 68.0 cm³/mol. The third-order valence-corrected chi connectivity index (χ3v) is 3.27. The van der Waals surface area contributed by atoms with Crippen LogP contribution in [0, 0.1) is 0 Å².